The maximum Gasteiger partial charge on any atom is 0.272 e. The van der Waals surface area contributed by atoms with Crippen LogP contribution in [0.15, 0.2) is 48.5 Å². The van der Waals surface area contributed by atoms with Crippen LogP contribution in [0.4, 0.5) is 11.4 Å². The second-order valence-corrected chi connectivity index (χ2v) is 6.43. The minimum absolute atomic E-state index is 0.0399. The third-order valence-corrected chi connectivity index (χ3v) is 4.41. The number of H-pyrrole nitrogens is 1. The third-order valence-electron chi connectivity index (χ3n) is 4.41. The van der Waals surface area contributed by atoms with Gasteiger partial charge in [0.05, 0.1) is 7.11 Å². The molecule has 1 aliphatic carbocycles. The van der Waals surface area contributed by atoms with E-state index in [4.69, 9.17) is 4.74 Å². The molecule has 1 saturated carbocycles. The molecule has 6 heteroatoms. The highest BCUT2D eigenvalue weighted by Gasteiger charge is 2.29. The van der Waals surface area contributed by atoms with Crippen LogP contribution in [0, 0.1) is 5.92 Å². The van der Waals surface area contributed by atoms with Crippen molar-refractivity contribution < 1.29 is 14.3 Å². The molecule has 4 rings (SSSR count). The van der Waals surface area contributed by atoms with E-state index in [9.17, 15) is 9.59 Å². The summed E-state index contributed by atoms with van der Waals surface area (Å²) >= 11 is 0. The van der Waals surface area contributed by atoms with Crippen molar-refractivity contribution >= 4 is 34.1 Å². The van der Waals surface area contributed by atoms with Crippen LogP contribution in [0.25, 0.3) is 10.9 Å². The van der Waals surface area contributed by atoms with E-state index in [1.807, 2.05) is 24.3 Å². The highest BCUT2D eigenvalue weighted by Crippen LogP contribution is 2.30. The lowest BCUT2D eigenvalue weighted by Gasteiger charge is -2.08. The molecular formula is C20H19N3O3. The Hall–Kier alpha value is -3.28. The molecule has 3 N–H and O–H groups in total. The van der Waals surface area contributed by atoms with Crippen LogP contribution in [0.5, 0.6) is 5.75 Å². The van der Waals surface area contributed by atoms with Crippen LogP contribution < -0.4 is 15.4 Å². The number of ether oxygens (including phenoxy) is 1. The summed E-state index contributed by atoms with van der Waals surface area (Å²) in [6, 6.07) is 14.5. The van der Waals surface area contributed by atoms with E-state index in [1.165, 1.54) is 0 Å². The van der Waals surface area contributed by atoms with Crippen molar-refractivity contribution in [3.8, 4) is 5.75 Å². The maximum atomic E-state index is 12.5. The average molecular weight is 349 g/mol. The summed E-state index contributed by atoms with van der Waals surface area (Å²) in [5, 5.41) is 6.66. The molecule has 0 radical (unpaired) electrons. The Morgan fingerprint density at radius 3 is 2.54 bits per heavy atom. The predicted molar refractivity (Wildman–Crippen MR) is 101 cm³/mol. The normalized spacial score (nSPS) is 13.4. The van der Waals surface area contributed by atoms with Crippen molar-refractivity contribution in [2.45, 2.75) is 12.8 Å². The molecule has 1 heterocycles. The first-order valence-corrected chi connectivity index (χ1v) is 8.51. The highest BCUT2D eigenvalue weighted by atomic mass is 16.5. The molecule has 0 spiro atoms. The quantitative estimate of drug-likeness (QED) is 0.655. The van der Waals surface area contributed by atoms with Gasteiger partial charge in [0.2, 0.25) is 5.91 Å². The first kappa shape index (κ1) is 16.2. The van der Waals surface area contributed by atoms with Crippen molar-refractivity contribution in [3.05, 3.63) is 54.2 Å². The number of fused-ring (bicyclic) bond motifs is 1. The molecule has 0 unspecified atom stereocenters. The maximum absolute atomic E-state index is 12.5. The van der Waals surface area contributed by atoms with Crippen LogP contribution in [0.2, 0.25) is 0 Å². The second kappa shape index (κ2) is 6.55. The molecule has 2 aromatic carbocycles. The van der Waals surface area contributed by atoms with E-state index in [0.717, 1.165) is 29.5 Å². The summed E-state index contributed by atoms with van der Waals surface area (Å²) in [5.74, 6) is 0.658. The van der Waals surface area contributed by atoms with E-state index in [-0.39, 0.29) is 17.7 Å². The molecular weight excluding hydrogens is 330 g/mol. The van der Waals surface area contributed by atoms with E-state index >= 15 is 0 Å². The summed E-state index contributed by atoms with van der Waals surface area (Å²) in [7, 11) is 1.60. The van der Waals surface area contributed by atoms with Gasteiger partial charge in [-0.25, -0.2) is 0 Å². The number of benzene rings is 2. The fraction of sp³-hybridized carbons (Fsp3) is 0.200. The van der Waals surface area contributed by atoms with Crippen molar-refractivity contribution in [1.29, 1.82) is 0 Å². The number of carbonyl (C=O) groups excluding carboxylic acids is 2. The van der Waals surface area contributed by atoms with Crippen LogP contribution in [0.3, 0.4) is 0 Å². The molecule has 26 heavy (non-hydrogen) atoms. The lowest BCUT2D eigenvalue weighted by molar-refractivity contribution is -0.117. The van der Waals surface area contributed by atoms with Crippen molar-refractivity contribution in [3.63, 3.8) is 0 Å². The van der Waals surface area contributed by atoms with Crippen LogP contribution in [0.1, 0.15) is 23.3 Å². The van der Waals surface area contributed by atoms with Gasteiger partial charge >= 0.3 is 0 Å². The van der Waals surface area contributed by atoms with Crippen LogP contribution >= 0.6 is 0 Å². The number of aromatic amines is 1. The Bertz CT molecular complexity index is 989. The molecule has 1 aliphatic rings. The van der Waals surface area contributed by atoms with Gasteiger partial charge in [-0.05, 0) is 49.2 Å². The van der Waals surface area contributed by atoms with Crippen LogP contribution in [-0.2, 0) is 4.79 Å². The Kier molecular flexibility index (Phi) is 4.08. The van der Waals surface area contributed by atoms with Crippen molar-refractivity contribution in [2.24, 2.45) is 5.92 Å². The minimum atomic E-state index is -0.245. The van der Waals surface area contributed by atoms with Gasteiger partial charge in [0.15, 0.2) is 0 Å². The highest BCUT2D eigenvalue weighted by molar-refractivity contribution is 6.06. The van der Waals surface area contributed by atoms with E-state index in [0.29, 0.717) is 17.1 Å². The fourth-order valence-electron chi connectivity index (χ4n) is 2.82. The van der Waals surface area contributed by atoms with Gasteiger partial charge in [-0.15, -0.1) is 0 Å². The third kappa shape index (κ3) is 3.39. The first-order chi connectivity index (χ1) is 12.6. The van der Waals surface area contributed by atoms with Gasteiger partial charge in [0.25, 0.3) is 5.91 Å². The van der Waals surface area contributed by atoms with Gasteiger partial charge in [0, 0.05) is 34.3 Å². The fourth-order valence-corrected chi connectivity index (χ4v) is 2.82. The number of hydrogen-bond donors (Lipinski definition) is 3. The summed E-state index contributed by atoms with van der Waals surface area (Å²) in [4.78, 5) is 27.5. The number of hydrogen-bond acceptors (Lipinski definition) is 3. The van der Waals surface area contributed by atoms with Gasteiger partial charge in [-0.1, -0.05) is 6.07 Å². The molecule has 1 fully saturated rings. The molecule has 6 nitrogen and oxygen atoms in total. The monoisotopic (exact) mass is 349 g/mol. The van der Waals surface area contributed by atoms with Crippen LogP contribution in [-0.4, -0.2) is 23.9 Å². The van der Waals surface area contributed by atoms with E-state index in [1.54, 1.807) is 31.4 Å². The molecule has 132 valence electrons. The first-order valence-electron chi connectivity index (χ1n) is 8.51. The van der Waals surface area contributed by atoms with Crippen molar-refractivity contribution in [1.82, 2.24) is 4.98 Å². The Labute approximate surface area is 150 Å². The summed E-state index contributed by atoms with van der Waals surface area (Å²) < 4.78 is 5.20. The number of nitrogens with one attached hydrogen (secondary N) is 3. The summed E-state index contributed by atoms with van der Waals surface area (Å²) in [6.07, 6.45) is 1.90. The molecule has 3 aromatic rings. The zero-order chi connectivity index (χ0) is 18.1. The standard InChI is InChI=1S/C20H19N3O3/c1-26-16-8-7-13-9-18(23-17(13)11-16)20(25)22-15-4-2-3-14(10-15)21-19(24)12-5-6-12/h2-4,7-12,23H,5-6H2,1H3,(H,21,24)(H,22,25). The Morgan fingerprint density at radius 1 is 1.04 bits per heavy atom. The van der Waals surface area contributed by atoms with Crippen molar-refractivity contribution in [2.75, 3.05) is 17.7 Å². The summed E-state index contributed by atoms with van der Waals surface area (Å²) in [5.41, 5.74) is 2.60. The number of amides is 2. The number of methoxy groups -OCH3 is 1. The average Bonchev–Trinajstić information content (AvgIpc) is 3.40. The largest absolute Gasteiger partial charge is 0.497 e. The van der Waals surface area contributed by atoms with Gasteiger partial charge in [-0.2, -0.15) is 0 Å². The molecule has 0 bridgehead atoms. The molecule has 0 saturated heterocycles. The van der Waals surface area contributed by atoms with Gasteiger partial charge in [-0.3, -0.25) is 9.59 Å². The van der Waals surface area contributed by atoms with E-state index in [2.05, 4.69) is 15.6 Å². The zero-order valence-electron chi connectivity index (χ0n) is 14.3. The smallest absolute Gasteiger partial charge is 0.272 e. The minimum Gasteiger partial charge on any atom is -0.497 e. The number of rotatable bonds is 5. The second-order valence-electron chi connectivity index (χ2n) is 6.43. The molecule has 0 aliphatic heterocycles. The Morgan fingerprint density at radius 2 is 1.81 bits per heavy atom. The number of carbonyl (C=O) groups is 2. The summed E-state index contributed by atoms with van der Waals surface area (Å²) in [6.45, 7) is 0. The lowest BCUT2D eigenvalue weighted by Crippen LogP contribution is -2.15. The zero-order valence-corrected chi connectivity index (χ0v) is 14.3. The molecule has 1 aromatic heterocycles. The predicted octanol–water partition coefficient (Wildman–Crippen LogP) is 3.78. The Balaban J connectivity index is 1.49. The topological polar surface area (TPSA) is 83.2 Å². The number of anilines is 2. The van der Waals surface area contributed by atoms with Gasteiger partial charge < -0.3 is 20.4 Å². The molecule has 0 atom stereocenters. The lowest BCUT2D eigenvalue weighted by atomic mass is 10.2. The number of aromatic nitrogens is 1. The van der Waals surface area contributed by atoms with Gasteiger partial charge in [0.1, 0.15) is 11.4 Å². The molecule has 2 amide bonds. The van der Waals surface area contributed by atoms with E-state index < -0.39 is 0 Å². The SMILES string of the molecule is COc1ccc2cc(C(=O)Nc3cccc(NC(=O)C4CC4)c3)[nH]c2c1.